The summed E-state index contributed by atoms with van der Waals surface area (Å²) < 4.78 is 26.4. The van der Waals surface area contributed by atoms with Crippen LogP contribution in [0.1, 0.15) is 39.2 Å². The summed E-state index contributed by atoms with van der Waals surface area (Å²) in [5.74, 6) is -0.199. The van der Waals surface area contributed by atoms with Gasteiger partial charge in [0, 0.05) is 19.3 Å². The summed E-state index contributed by atoms with van der Waals surface area (Å²) in [6, 6.07) is 9.59. The van der Waals surface area contributed by atoms with Crippen LogP contribution in [0.25, 0.3) is 10.9 Å². The van der Waals surface area contributed by atoms with E-state index in [0.29, 0.717) is 24.3 Å². The molecular weight excluding hydrogens is 473 g/mol. The summed E-state index contributed by atoms with van der Waals surface area (Å²) in [5.41, 5.74) is 0.430. The van der Waals surface area contributed by atoms with Crippen molar-refractivity contribution in [3.63, 3.8) is 0 Å². The first-order valence-electron chi connectivity index (χ1n) is 11.6. The van der Waals surface area contributed by atoms with E-state index >= 15 is 0 Å². The summed E-state index contributed by atoms with van der Waals surface area (Å²) >= 11 is 5.96. The number of halogens is 2. The lowest BCUT2D eigenvalue weighted by atomic mass is 10.1. The summed E-state index contributed by atoms with van der Waals surface area (Å²) in [4.78, 5) is 29.7. The number of aromatic nitrogens is 3. The molecule has 0 saturated carbocycles. The second-order valence-electron chi connectivity index (χ2n) is 9.91. The molecular formula is C25H27ClFN5O3. The number of ether oxygens (including phenoxy) is 2. The lowest BCUT2D eigenvalue weighted by Crippen LogP contribution is -2.57. The van der Waals surface area contributed by atoms with Crippen molar-refractivity contribution >= 4 is 34.4 Å². The summed E-state index contributed by atoms with van der Waals surface area (Å²) in [7, 11) is 0. The van der Waals surface area contributed by atoms with Crippen molar-refractivity contribution < 1.29 is 18.7 Å². The number of anilines is 1. The van der Waals surface area contributed by atoms with E-state index in [1.807, 2.05) is 56.0 Å². The van der Waals surface area contributed by atoms with Crippen molar-refractivity contribution in [2.24, 2.45) is 0 Å². The average molecular weight is 500 g/mol. The molecule has 1 amide bonds. The number of amides is 1. The van der Waals surface area contributed by atoms with Crippen molar-refractivity contribution in [2.75, 3.05) is 18.0 Å². The number of benzene rings is 1. The molecule has 0 aliphatic carbocycles. The molecule has 2 bridgehead atoms. The van der Waals surface area contributed by atoms with Crippen molar-refractivity contribution in [1.29, 1.82) is 0 Å². The molecule has 10 heteroatoms. The Morgan fingerprint density at radius 3 is 2.49 bits per heavy atom. The number of piperazine rings is 1. The Bertz CT molecular complexity index is 1240. The molecule has 4 heterocycles. The van der Waals surface area contributed by atoms with E-state index in [-0.39, 0.29) is 41.5 Å². The molecule has 0 spiro atoms. The fourth-order valence-corrected chi connectivity index (χ4v) is 4.85. The minimum absolute atomic E-state index is 0.0348. The fraction of sp³-hybridized carbons (Fsp3) is 0.440. The van der Waals surface area contributed by atoms with Gasteiger partial charge in [-0.3, -0.25) is 4.90 Å². The van der Waals surface area contributed by atoms with E-state index in [1.54, 1.807) is 0 Å². The van der Waals surface area contributed by atoms with Gasteiger partial charge < -0.3 is 14.4 Å². The maximum absolute atomic E-state index is 15.0. The number of nitrogens with zero attached hydrogens (tertiary/aromatic N) is 5. The summed E-state index contributed by atoms with van der Waals surface area (Å²) in [6.07, 6.45) is 2.90. The molecule has 2 aliphatic heterocycles. The largest absolute Gasteiger partial charge is 0.459 e. The number of carbonyl (C=O) groups excluding carboxylic acids is 1. The zero-order valence-corrected chi connectivity index (χ0v) is 20.6. The van der Waals surface area contributed by atoms with Crippen LogP contribution < -0.4 is 9.64 Å². The molecule has 5 rings (SSSR count). The van der Waals surface area contributed by atoms with Gasteiger partial charge in [0.1, 0.15) is 23.5 Å². The minimum atomic E-state index is -0.715. The molecule has 2 aromatic heterocycles. The Morgan fingerprint density at radius 1 is 1.14 bits per heavy atom. The highest BCUT2D eigenvalue weighted by atomic mass is 35.5. The van der Waals surface area contributed by atoms with E-state index < -0.39 is 11.4 Å². The zero-order valence-electron chi connectivity index (χ0n) is 19.9. The molecule has 35 heavy (non-hydrogen) atoms. The SMILES string of the molecule is CC(C)(C)OC(=O)N1[C@@H]2CC[C@H]1CN(c1nc(OCc3ccccc3)nc3c(F)c(Cl)ncc13)C2. The van der Waals surface area contributed by atoms with Crippen molar-refractivity contribution in [3.8, 4) is 6.01 Å². The van der Waals surface area contributed by atoms with Crippen LogP contribution in [0.15, 0.2) is 36.5 Å². The lowest BCUT2D eigenvalue weighted by Gasteiger charge is -2.42. The average Bonchev–Trinajstić information content (AvgIpc) is 3.09. The maximum Gasteiger partial charge on any atom is 0.410 e. The third kappa shape index (κ3) is 4.82. The number of fused-ring (bicyclic) bond motifs is 3. The van der Waals surface area contributed by atoms with Gasteiger partial charge in [0.2, 0.25) is 0 Å². The van der Waals surface area contributed by atoms with Crippen LogP contribution in [-0.2, 0) is 11.3 Å². The fourth-order valence-electron chi connectivity index (χ4n) is 4.72. The van der Waals surface area contributed by atoms with E-state index in [0.717, 1.165) is 18.4 Å². The second-order valence-corrected chi connectivity index (χ2v) is 10.3. The molecule has 2 fully saturated rings. The van der Waals surface area contributed by atoms with Crippen molar-refractivity contribution in [3.05, 3.63) is 53.1 Å². The lowest BCUT2D eigenvalue weighted by molar-refractivity contribution is 0.0123. The van der Waals surface area contributed by atoms with Gasteiger partial charge in [0.05, 0.1) is 17.5 Å². The van der Waals surface area contributed by atoms with Crippen LogP contribution in [0.5, 0.6) is 6.01 Å². The molecule has 1 aromatic carbocycles. The standard InChI is InChI=1S/C25H27ClFN5O3/c1-25(2,3)35-24(33)32-16-9-10-17(32)13-31(12-16)22-18-11-28-21(26)19(27)20(18)29-23(30-22)34-14-15-7-5-4-6-8-15/h4-8,11,16-17H,9-10,12-14H2,1-3H3/t16-,17+. The number of rotatable bonds is 4. The van der Waals surface area contributed by atoms with Crippen molar-refractivity contribution in [2.45, 2.75) is 57.9 Å². The number of pyridine rings is 1. The van der Waals surface area contributed by atoms with Gasteiger partial charge in [-0.1, -0.05) is 41.9 Å². The first kappa shape index (κ1) is 23.5. The first-order valence-corrected chi connectivity index (χ1v) is 12.0. The van der Waals surface area contributed by atoms with Gasteiger partial charge in [-0.05, 0) is 39.2 Å². The Morgan fingerprint density at radius 2 is 1.83 bits per heavy atom. The Hall–Kier alpha value is -3.20. The Balaban J connectivity index is 1.46. The predicted octanol–water partition coefficient (Wildman–Crippen LogP) is 4.98. The van der Waals surface area contributed by atoms with Gasteiger partial charge in [0.25, 0.3) is 0 Å². The highest BCUT2D eigenvalue weighted by Crippen LogP contribution is 2.37. The highest BCUT2D eigenvalue weighted by Gasteiger charge is 2.45. The van der Waals surface area contributed by atoms with Crippen LogP contribution >= 0.6 is 11.6 Å². The van der Waals surface area contributed by atoms with Crippen LogP contribution in [-0.4, -0.2) is 56.7 Å². The molecule has 2 atom stereocenters. The third-order valence-corrected chi connectivity index (χ3v) is 6.46. The van der Waals surface area contributed by atoms with Gasteiger partial charge in [0.15, 0.2) is 11.0 Å². The first-order chi connectivity index (χ1) is 16.7. The molecule has 0 N–H and O–H groups in total. The quantitative estimate of drug-likeness (QED) is 0.468. The molecule has 0 unspecified atom stereocenters. The normalized spacial score (nSPS) is 19.8. The Kier molecular flexibility index (Phi) is 6.13. The predicted molar refractivity (Wildman–Crippen MR) is 130 cm³/mol. The van der Waals surface area contributed by atoms with Gasteiger partial charge in [-0.2, -0.15) is 9.97 Å². The summed E-state index contributed by atoms with van der Waals surface area (Å²) in [5, 5.41) is 0.190. The van der Waals surface area contributed by atoms with Gasteiger partial charge in [-0.15, -0.1) is 0 Å². The van der Waals surface area contributed by atoms with Crippen LogP contribution in [0.3, 0.4) is 0 Å². The van der Waals surface area contributed by atoms with E-state index in [1.165, 1.54) is 6.20 Å². The van der Waals surface area contributed by atoms with E-state index in [9.17, 15) is 9.18 Å². The molecule has 0 radical (unpaired) electrons. The zero-order chi connectivity index (χ0) is 24.7. The third-order valence-electron chi connectivity index (χ3n) is 6.20. The van der Waals surface area contributed by atoms with E-state index in [2.05, 4.69) is 19.9 Å². The Labute approximate surface area is 208 Å². The molecule has 3 aromatic rings. The minimum Gasteiger partial charge on any atom is -0.459 e. The molecule has 184 valence electrons. The highest BCUT2D eigenvalue weighted by molar-refractivity contribution is 6.30. The summed E-state index contributed by atoms with van der Waals surface area (Å²) in [6.45, 7) is 6.89. The van der Waals surface area contributed by atoms with Gasteiger partial charge in [-0.25, -0.2) is 14.2 Å². The van der Waals surface area contributed by atoms with Crippen molar-refractivity contribution in [1.82, 2.24) is 19.9 Å². The molecule has 8 nitrogen and oxygen atoms in total. The van der Waals surface area contributed by atoms with Crippen LogP contribution in [0, 0.1) is 5.82 Å². The topological polar surface area (TPSA) is 80.7 Å². The van der Waals surface area contributed by atoms with Crippen LogP contribution in [0.2, 0.25) is 5.15 Å². The second kappa shape index (κ2) is 9.11. The smallest absolute Gasteiger partial charge is 0.410 e. The number of hydrogen-bond acceptors (Lipinski definition) is 7. The monoisotopic (exact) mass is 499 g/mol. The maximum atomic E-state index is 15.0. The van der Waals surface area contributed by atoms with Crippen LogP contribution in [0.4, 0.5) is 15.0 Å². The number of hydrogen-bond donors (Lipinski definition) is 0. The molecule has 2 saturated heterocycles. The van der Waals surface area contributed by atoms with Gasteiger partial charge >= 0.3 is 12.1 Å². The van der Waals surface area contributed by atoms with E-state index in [4.69, 9.17) is 21.1 Å². The molecule has 2 aliphatic rings. The number of carbonyl (C=O) groups is 1.